The highest BCUT2D eigenvalue weighted by atomic mass is 16.6. The Balaban J connectivity index is 1.93. The number of phenols is 1. The molecule has 3 aliphatic rings. The molecule has 0 bridgehead atoms. The first-order valence-electron chi connectivity index (χ1n) is 12.5. The molecule has 4 unspecified atom stereocenters. The summed E-state index contributed by atoms with van der Waals surface area (Å²) in [5.74, 6) is -5.95. The summed E-state index contributed by atoms with van der Waals surface area (Å²) in [6, 6.07) is 1.97. The predicted octanol–water partition coefficient (Wildman–Crippen LogP) is 2.61. The van der Waals surface area contributed by atoms with Gasteiger partial charge < -0.3 is 25.3 Å². The lowest BCUT2D eigenvalue weighted by atomic mass is 9.57. The third kappa shape index (κ3) is 4.03. The molecular weight excluding hydrogens is 492 g/mol. The smallest absolute Gasteiger partial charge is 0.202 e. The van der Waals surface area contributed by atoms with Crippen LogP contribution in [0, 0.1) is 11.8 Å². The van der Waals surface area contributed by atoms with Crippen molar-refractivity contribution in [2.45, 2.75) is 64.7 Å². The zero-order valence-corrected chi connectivity index (χ0v) is 22.6. The molecule has 1 saturated carbocycles. The molecule has 0 aliphatic heterocycles. The van der Waals surface area contributed by atoms with E-state index in [-0.39, 0.29) is 29.7 Å². The average molecular weight is 527 g/mol. The van der Waals surface area contributed by atoms with Crippen LogP contribution in [-0.2, 0) is 25.6 Å². The van der Waals surface area contributed by atoms with Gasteiger partial charge in [-0.05, 0) is 85.2 Å². The van der Waals surface area contributed by atoms with Gasteiger partial charge >= 0.3 is 0 Å². The molecule has 3 aliphatic carbocycles. The Kier molecular flexibility index (Phi) is 6.56. The van der Waals surface area contributed by atoms with Crippen molar-refractivity contribution in [3.8, 4) is 5.75 Å². The summed E-state index contributed by atoms with van der Waals surface area (Å²) in [4.78, 5) is 46.5. The van der Waals surface area contributed by atoms with Gasteiger partial charge in [-0.15, -0.1) is 0 Å². The van der Waals surface area contributed by atoms with Crippen LogP contribution in [0.1, 0.15) is 57.7 Å². The molecule has 4 atom stereocenters. The summed E-state index contributed by atoms with van der Waals surface area (Å²) in [7, 11) is 3.19. The molecule has 0 radical (unpaired) electrons. The molecule has 1 fully saturated rings. The lowest BCUT2D eigenvalue weighted by Gasteiger charge is -2.50. The van der Waals surface area contributed by atoms with Gasteiger partial charge in [0.05, 0.1) is 17.3 Å². The van der Waals surface area contributed by atoms with Crippen LogP contribution < -0.4 is 0 Å². The molecule has 1 aromatic rings. The first-order chi connectivity index (χ1) is 17.5. The number of rotatable bonds is 4. The van der Waals surface area contributed by atoms with Crippen LogP contribution in [0.25, 0.3) is 5.76 Å². The molecule has 0 saturated heterocycles. The highest BCUT2D eigenvalue weighted by Gasteiger charge is 2.64. The van der Waals surface area contributed by atoms with Crippen molar-refractivity contribution in [2.75, 3.05) is 14.1 Å². The van der Waals surface area contributed by atoms with Crippen molar-refractivity contribution < 1.29 is 39.6 Å². The second-order valence-corrected chi connectivity index (χ2v) is 11.5. The molecule has 0 aromatic heterocycles. The fraction of sp³-hybridized carbons (Fsp3) is 0.500. The molecule has 0 amide bonds. The van der Waals surface area contributed by atoms with Crippen molar-refractivity contribution in [1.29, 1.82) is 0 Å². The van der Waals surface area contributed by atoms with Gasteiger partial charge in [0.15, 0.2) is 17.2 Å². The second-order valence-electron chi connectivity index (χ2n) is 11.5. The molecule has 204 valence electrons. The third-order valence-corrected chi connectivity index (χ3v) is 7.56. The zero-order valence-electron chi connectivity index (χ0n) is 22.6. The summed E-state index contributed by atoms with van der Waals surface area (Å²) < 4.78 is 0. The lowest BCUT2D eigenvalue weighted by molar-refractivity contribution is -0.153. The van der Waals surface area contributed by atoms with Gasteiger partial charge in [0.2, 0.25) is 5.78 Å². The summed E-state index contributed by atoms with van der Waals surface area (Å²) >= 11 is 0. The highest BCUT2D eigenvalue weighted by Crippen LogP contribution is 2.53. The topological polar surface area (TPSA) is 157 Å². The fourth-order valence-electron chi connectivity index (χ4n) is 5.94. The first kappa shape index (κ1) is 27.5. The van der Waals surface area contributed by atoms with Crippen LogP contribution in [0.2, 0.25) is 0 Å². The number of likely N-dealkylation sites (N-methyl/N-ethyl adjacent to an activating group) is 1. The third-order valence-electron chi connectivity index (χ3n) is 7.56. The fourth-order valence-corrected chi connectivity index (χ4v) is 5.94. The summed E-state index contributed by atoms with van der Waals surface area (Å²) in [6.07, 6.45) is 0.242. The van der Waals surface area contributed by atoms with E-state index < -0.39 is 63.5 Å². The number of aromatic hydroxyl groups is 1. The van der Waals surface area contributed by atoms with Crippen molar-refractivity contribution in [3.05, 3.63) is 45.7 Å². The Hall–Kier alpha value is -3.50. The number of hydrogen-bond donors (Lipinski definition) is 4. The van der Waals surface area contributed by atoms with Crippen molar-refractivity contribution in [1.82, 2.24) is 4.90 Å². The summed E-state index contributed by atoms with van der Waals surface area (Å²) in [6.45, 7) is 8.35. The van der Waals surface area contributed by atoms with E-state index in [1.807, 2.05) is 20.8 Å². The van der Waals surface area contributed by atoms with Crippen molar-refractivity contribution in [2.24, 2.45) is 17.0 Å². The number of ketones is 3. The molecule has 0 heterocycles. The van der Waals surface area contributed by atoms with E-state index in [1.54, 1.807) is 27.1 Å². The van der Waals surface area contributed by atoms with Gasteiger partial charge in [-0.3, -0.25) is 19.3 Å². The van der Waals surface area contributed by atoms with E-state index >= 15 is 0 Å². The van der Waals surface area contributed by atoms with Gasteiger partial charge in [-0.25, -0.2) is 0 Å². The minimum absolute atomic E-state index is 0.0285. The van der Waals surface area contributed by atoms with Crippen LogP contribution in [0.5, 0.6) is 5.75 Å². The largest absolute Gasteiger partial charge is 0.508 e. The number of carbonyl (C=O) groups is 3. The zero-order chi connectivity index (χ0) is 28.5. The number of oxime groups is 1. The Labute approximate surface area is 220 Å². The maximum Gasteiger partial charge on any atom is 0.202 e. The van der Waals surface area contributed by atoms with E-state index in [0.717, 1.165) is 6.92 Å². The van der Waals surface area contributed by atoms with Crippen LogP contribution in [0.4, 0.5) is 0 Å². The molecule has 1 aromatic carbocycles. The van der Waals surface area contributed by atoms with E-state index in [4.69, 9.17) is 4.84 Å². The van der Waals surface area contributed by atoms with E-state index in [9.17, 15) is 34.8 Å². The number of Topliss-reactive ketones (excluding diaryl/α,β-unsaturated/α-hetero) is 3. The predicted molar refractivity (Wildman–Crippen MR) is 139 cm³/mol. The number of hydrogen-bond acceptors (Lipinski definition) is 10. The number of nitrogens with zero attached hydrogens (tertiary/aromatic N) is 2. The number of aliphatic hydroxyl groups excluding tert-OH is 2. The Bertz CT molecular complexity index is 1350. The maximum absolute atomic E-state index is 13.9. The van der Waals surface area contributed by atoms with E-state index in [1.165, 1.54) is 11.0 Å². The molecule has 10 nitrogen and oxygen atoms in total. The van der Waals surface area contributed by atoms with Crippen molar-refractivity contribution in [3.63, 3.8) is 0 Å². The lowest BCUT2D eigenvalue weighted by Crippen LogP contribution is -2.65. The van der Waals surface area contributed by atoms with Gasteiger partial charge in [0.25, 0.3) is 0 Å². The van der Waals surface area contributed by atoms with Gasteiger partial charge in [-0.2, -0.15) is 0 Å². The molecule has 4 N–H and O–H groups in total. The van der Waals surface area contributed by atoms with E-state index in [0.29, 0.717) is 16.8 Å². The van der Waals surface area contributed by atoms with Gasteiger partial charge in [-0.1, -0.05) is 5.16 Å². The minimum atomic E-state index is -2.59. The van der Waals surface area contributed by atoms with Crippen LogP contribution >= 0.6 is 0 Å². The van der Waals surface area contributed by atoms with Gasteiger partial charge in [0, 0.05) is 17.1 Å². The Morgan fingerprint density at radius 2 is 1.76 bits per heavy atom. The molecule has 10 heteroatoms. The monoisotopic (exact) mass is 526 g/mol. The highest BCUT2D eigenvalue weighted by molar-refractivity contribution is 6.25. The van der Waals surface area contributed by atoms with Crippen LogP contribution in [0.3, 0.4) is 0 Å². The minimum Gasteiger partial charge on any atom is -0.508 e. The Morgan fingerprint density at radius 3 is 2.32 bits per heavy atom. The standard InChI is InChI=1S/C28H34N2O8/c1-12(29-38-27(3,4)5)15-8-9-18(32)21-16(15)10-14-11-17-22(30(6)7)24(34)19(13(2)31)25(35)28(17,37)26(36)20(14)23(21)33/h8-9,14,17,22,32-33,35,37H,10-11H2,1-7H3/b29-12+. The number of phenolic OH excluding ortho intramolecular Hbond substituents is 1. The number of carbonyl (C=O) groups excluding carboxylic acids is 3. The van der Waals surface area contributed by atoms with Crippen LogP contribution in [-0.4, -0.2) is 79.7 Å². The first-order valence-corrected chi connectivity index (χ1v) is 12.5. The number of fused-ring (bicyclic) bond motifs is 3. The SMILES string of the molecule is CC(=O)C1=C(O)C2(O)C(=O)C3=C(O)c4c(O)ccc(/C(C)=N/OC(C)(C)C)c4CC3CC2C(N(C)C)C1=O. The number of benzene rings is 1. The van der Waals surface area contributed by atoms with Crippen molar-refractivity contribution >= 4 is 28.8 Å². The summed E-state index contributed by atoms with van der Waals surface area (Å²) in [5.41, 5.74) is -2.25. The van der Waals surface area contributed by atoms with E-state index in [2.05, 4.69) is 5.16 Å². The second kappa shape index (κ2) is 9.06. The average Bonchev–Trinajstić information content (AvgIpc) is 2.79. The normalized spacial score (nSPS) is 27.8. The van der Waals surface area contributed by atoms with Crippen LogP contribution in [0.15, 0.2) is 34.2 Å². The molecule has 4 rings (SSSR count). The van der Waals surface area contributed by atoms with Gasteiger partial charge in [0.1, 0.15) is 28.4 Å². The summed E-state index contributed by atoms with van der Waals surface area (Å²) in [5, 5.41) is 48.9. The molecule has 38 heavy (non-hydrogen) atoms. The quantitative estimate of drug-likeness (QED) is 0.263. The Morgan fingerprint density at radius 1 is 1.13 bits per heavy atom. The number of aliphatic hydroxyl groups is 3. The molecular formula is C28H34N2O8. The molecule has 0 spiro atoms. The maximum atomic E-state index is 13.9.